The predicted octanol–water partition coefficient (Wildman–Crippen LogP) is 0.913. The minimum Gasteiger partial charge on any atom is -0.389 e. The fourth-order valence-corrected chi connectivity index (χ4v) is 1.31. The van der Waals surface area contributed by atoms with Crippen LogP contribution in [0, 0.1) is 16.7 Å². The Morgan fingerprint density at radius 3 is 2.73 bits per heavy atom. The number of nitrogens with zero attached hydrogens (tertiary/aromatic N) is 1. The smallest absolute Gasteiger partial charge is 0.0897 e. The fourth-order valence-electron chi connectivity index (χ4n) is 1.31. The van der Waals surface area contributed by atoms with E-state index in [2.05, 4.69) is 25.2 Å². The van der Waals surface area contributed by atoms with Crippen LogP contribution in [0.3, 0.4) is 0 Å². The lowest BCUT2D eigenvalue weighted by Crippen LogP contribution is -2.36. The van der Waals surface area contributed by atoms with Crippen molar-refractivity contribution in [2.45, 2.75) is 32.8 Å². The molecule has 0 radical (unpaired) electrons. The molecule has 0 aliphatic heterocycles. The normalized spacial score (nSPS) is 13.5. The second-order valence-electron chi connectivity index (χ2n) is 4.56. The van der Waals surface area contributed by atoms with Gasteiger partial charge < -0.3 is 15.2 Å². The largest absolute Gasteiger partial charge is 0.389 e. The molecule has 2 N–H and O–H groups in total. The van der Waals surface area contributed by atoms with E-state index in [1.807, 2.05) is 0 Å². The summed E-state index contributed by atoms with van der Waals surface area (Å²) in [7, 11) is 1.57. The van der Waals surface area contributed by atoms with Gasteiger partial charge in [-0.25, -0.2) is 0 Å². The second-order valence-corrected chi connectivity index (χ2v) is 4.56. The Morgan fingerprint density at radius 2 is 2.20 bits per heavy atom. The maximum Gasteiger partial charge on any atom is 0.0897 e. The van der Waals surface area contributed by atoms with Gasteiger partial charge in [-0.05, 0) is 11.8 Å². The number of hydrogen-bond donors (Lipinski definition) is 2. The summed E-state index contributed by atoms with van der Waals surface area (Å²) in [5.74, 6) is 0. The van der Waals surface area contributed by atoms with E-state index in [1.165, 1.54) is 0 Å². The summed E-state index contributed by atoms with van der Waals surface area (Å²) in [5, 5.41) is 21.0. The standard InChI is InChI=1S/C11H22N2O2/c1-11(2,5-4-6-12)9-13-7-10(14)8-15-3/h10,13-14H,4-5,7-9H2,1-3H3. The number of aliphatic hydroxyl groups excluding tert-OH is 1. The number of ether oxygens (including phenoxy) is 1. The first kappa shape index (κ1) is 14.4. The topological polar surface area (TPSA) is 65.3 Å². The summed E-state index contributed by atoms with van der Waals surface area (Å²) in [6.07, 6.45) is 0.994. The third-order valence-corrected chi connectivity index (χ3v) is 2.26. The van der Waals surface area contributed by atoms with Gasteiger partial charge in [-0.15, -0.1) is 0 Å². The molecule has 1 unspecified atom stereocenters. The SMILES string of the molecule is COCC(O)CNCC(C)(C)CCC#N. The maximum absolute atomic E-state index is 9.38. The van der Waals surface area contributed by atoms with Crippen LogP contribution in [0.25, 0.3) is 0 Å². The Balaban J connectivity index is 3.61. The van der Waals surface area contributed by atoms with Crippen molar-refractivity contribution in [2.75, 3.05) is 26.8 Å². The molecule has 1 atom stereocenters. The van der Waals surface area contributed by atoms with E-state index in [0.717, 1.165) is 13.0 Å². The number of nitrogens with one attached hydrogen (secondary N) is 1. The molecule has 0 aliphatic rings. The van der Waals surface area contributed by atoms with Crippen molar-refractivity contribution in [1.29, 1.82) is 5.26 Å². The Hall–Kier alpha value is -0.630. The lowest BCUT2D eigenvalue weighted by molar-refractivity contribution is 0.0628. The van der Waals surface area contributed by atoms with Gasteiger partial charge in [0.05, 0.1) is 18.8 Å². The summed E-state index contributed by atoms with van der Waals surface area (Å²) in [4.78, 5) is 0. The first-order valence-electron chi connectivity index (χ1n) is 5.26. The van der Waals surface area contributed by atoms with Crippen molar-refractivity contribution >= 4 is 0 Å². The number of aliphatic hydroxyl groups is 1. The van der Waals surface area contributed by atoms with Gasteiger partial charge in [-0.3, -0.25) is 0 Å². The van der Waals surface area contributed by atoms with Gasteiger partial charge in [0.2, 0.25) is 0 Å². The average Bonchev–Trinajstić information content (AvgIpc) is 2.15. The molecule has 0 aromatic rings. The summed E-state index contributed by atoms with van der Waals surface area (Å²) >= 11 is 0. The van der Waals surface area contributed by atoms with Crippen molar-refractivity contribution in [3.8, 4) is 6.07 Å². The zero-order valence-electron chi connectivity index (χ0n) is 9.92. The maximum atomic E-state index is 9.38. The molecule has 0 aromatic carbocycles. The van der Waals surface area contributed by atoms with Gasteiger partial charge in [0, 0.05) is 26.6 Å². The Labute approximate surface area is 92.2 Å². The average molecular weight is 214 g/mol. The number of rotatable bonds is 8. The minimum absolute atomic E-state index is 0.0997. The third kappa shape index (κ3) is 8.37. The van der Waals surface area contributed by atoms with E-state index in [1.54, 1.807) is 7.11 Å². The molecule has 0 spiro atoms. The van der Waals surface area contributed by atoms with Crippen molar-refractivity contribution < 1.29 is 9.84 Å². The molecule has 0 fully saturated rings. The van der Waals surface area contributed by atoms with Crippen LogP contribution in [0.15, 0.2) is 0 Å². The number of nitriles is 1. The molecule has 0 amide bonds. The highest BCUT2D eigenvalue weighted by molar-refractivity contribution is 4.79. The fraction of sp³-hybridized carbons (Fsp3) is 0.909. The van der Waals surface area contributed by atoms with Crippen LogP contribution < -0.4 is 5.32 Å². The zero-order chi connectivity index (χ0) is 11.7. The molecule has 0 aliphatic carbocycles. The highest BCUT2D eigenvalue weighted by Gasteiger charge is 2.17. The van der Waals surface area contributed by atoms with E-state index in [0.29, 0.717) is 19.6 Å². The van der Waals surface area contributed by atoms with Gasteiger partial charge in [0.25, 0.3) is 0 Å². The lowest BCUT2D eigenvalue weighted by Gasteiger charge is -2.24. The summed E-state index contributed by atoms with van der Waals surface area (Å²) in [6, 6.07) is 2.15. The van der Waals surface area contributed by atoms with Crippen molar-refractivity contribution in [3.63, 3.8) is 0 Å². The monoisotopic (exact) mass is 214 g/mol. The van der Waals surface area contributed by atoms with Gasteiger partial charge in [0.15, 0.2) is 0 Å². The molecule has 4 heteroatoms. The molecular formula is C11H22N2O2. The van der Waals surface area contributed by atoms with Crippen molar-refractivity contribution in [2.24, 2.45) is 5.41 Å². The van der Waals surface area contributed by atoms with E-state index in [4.69, 9.17) is 10.00 Å². The highest BCUT2D eigenvalue weighted by atomic mass is 16.5. The molecule has 0 saturated heterocycles. The minimum atomic E-state index is -0.457. The van der Waals surface area contributed by atoms with Gasteiger partial charge in [-0.1, -0.05) is 13.8 Å². The van der Waals surface area contributed by atoms with Gasteiger partial charge in [-0.2, -0.15) is 5.26 Å². The van der Waals surface area contributed by atoms with Gasteiger partial charge in [0.1, 0.15) is 0 Å². The molecule has 4 nitrogen and oxygen atoms in total. The van der Waals surface area contributed by atoms with Crippen LogP contribution in [0.2, 0.25) is 0 Å². The zero-order valence-corrected chi connectivity index (χ0v) is 9.92. The van der Waals surface area contributed by atoms with Gasteiger partial charge >= 0.3 is 0 Å². The van der Waals surface area contributed by atoms with Crippen molar-refractivity contribution in [3.05, 3.63) is 0 Å². The number of methoxy groups -OCH3 is 1. The quantitative estimate of drug-likeness (QED) is 0.630. The molecular weight excluding hydrogens is 192 g/mol. The van der Waals surface area contributed by atoms with Crippen LogP contribution in [0.4, 0.5) is 0 Å². The molecule has 0 saturated carbocycles. The first-order valence-corrected chi connectivity index (χ1v) is 5.26. The molecule has 0 rings (SSSR count). The summed E-state index contributed by atoms with van der Waals surface area (Å²) < 4.78 is 4.82. The highest BCUT2D eigenvalue weighted by Crippen LogP contribution is 2.20. The Bertz CT molecular complexity index is 199. The third-order valence-electron chi connectivity index (χ3n) is 2.26. The molecule has 88 valence electrons. The van der Waals surface area contributed by atoms with Crippen LogP contribution >= 0.6 is 0 Å². The molecule has 15 heavy (non-hydrogen) atoms. The van der Waals surface area contributed by atoms with Crippen LogP contribution in [-0.2, 0) is 4.74 Å². The Kier molecular flexibility index (Phi) is 7.31. The molecule has 0 aromatic heterocycles. The lowest BCUT2D eigenvalue weighted by atomic mass is 9.88. The van der Waals surface area contributed by atoms with Crippen LogP contribution in [0.5, 0.6) is 0 Å². The number of hydrogen-bond acceptors (Lipinski definition) is 4. The van der Waals surface area contributed by atoms with E-state index in [9.17, 15) is 5.11 Å². The Morgan fingerprint density at radius 1 is 1.53 bits per heavy atom. The van der Waals surface area contributed by atoms with Crippen LogP contribution in [-0.4, -0.2) is 38.0 Å². The summed E-state index contributed by atoms with van der Waals surface area (Å²) in [6.45, 7) is 5.91. The van der Waals surface area contributed by atoms with Crippen LogP contribution in [0.1, 0.15) is 26.7 Å². The second kappa shape index (κ2) is 7.63. The summed E-state index contributed by atoms with van der Waals surface area (Å²) in [5.41, 5.74) is 0.0997. The molecule has 0 heterocycles. The van der Waals surface area contributed by atoms with Crippen molar-refractivity contribution in [1.82, 2.24) is 5.32 Å². The van der Waals surface area contributed by atoms with E-state index >= 15 is 0 Å². The van der Waals surface area contributed by atoms with E-state index in [-0.39, 0.29) is 5.41 Å². The van der Waals surface area contributed by atoms with E-state index < -0.39 is 6.10 Å². The predicted molar refractivity (Wildman–Crippen MR) is 59.4 cm³/mol. The first-order chi connectivity index (χ1) is 7.02. The molecule has 0 bridgehead atoms.